The molecule has 0 saturated heterocycles. The van der Waals surface area contributed by atoms with Crippen LogP contribution in [0.4, 0.5) is 0 Å². The Morgan fingerprint density at radius 1 is 1.16 bits per heavy atom. The number of carboxylic acid groups (broad SMARTS) is 1. The summed E-state index contributed by atoms with van der Waals surface area (Å²) < 4.78 is 34.3. The second-order valence-electron chi connectivity index (χ2n) is 8.78. The molecule has 0 heterocycles. The van der Waals surface area contributed by atoms with Crippen molar-refractivity contribution in [2.24, 2.45) is 5.41 Å². The van der Waals surface area contributed by atoms with Crippen LogP contribution in [0.15, 0.2) is 24.3 Å². The number of ether oxygens (including phenoxy) is 2. The lowest BCUT2D eigenvalue weighted by Crippen LogP contribution is -2.33. The van der Waals surface area contributed by atoms with E-state index in [1.807, 2.05) is 13.8 Å². The molecule has 2 atom stereocenters. The lowest BCUT2D eigenvalue weighted by atomic mass is 9.76. The minimum atomic E-state index is -3.37. The van der Waals surface area contributed by atoms with Gasteiger partial charge >= 0.3 is 11.9 Å². The molecule has 0 fully saturated rings. The van der Waals surface area contributed by atoms with Crippen LogP contribution in [0.3, 0.4) is 0 Å². The fourth-order valence-electron chi connectivity index (χ4n) is 3.50. The molecule has 0 spiro atoms. The first-order chi connectivity index (χ1) is 14.3. The summed E-state index contributed by atoms with van der Waals surface area (Å²) in [7, 11) is -2.11. The fourth-order valence-corrected chi connectivity index (χ4v) is 5.26. The number of aliphatic hydroxyl groups excluding tert-OH is 1. The predicted octanol–water partition coefficient (Wildman–Crippen LogP) is 2.57. The summed E-state index contributed by atoms with van der Waals surface area (Å²) >= 11 is 0. The van der Waals surface area contributed by atoms with Gasteiger partial charge in [-0.2, -0.15) is 0 Å². The summed E-state index contributed by atoms with van der Waals surface area (Å²) in [4.78, 5) is 23.7. The number of carbonyl (C=O) groups is 2. The van der Waals surface area contributed by atoms with Crippen LogP contribution in [-0.2, 0) is 29.6 Å². The molecule has 1 aromatic rings. The lowest BCUT2D eigenvalue weighted by Gasteiger charge is -2.29. The average Bonchev–Trinajstić information content (AvgIpc) is 2.65. The minimum absolute atomic E-state index is 0.0703. The number of rotatable bonds is 13. The first-order valence-corrected chi connectivity index (χ1v) is 12.0. The molecular formula is C22H34O8S. The molecule has 1 rings (SSSR count). The van der Waals surface area contributed by atoms with Gasteiger partial charge < -0.3 is 19.7 Å². The van der Waals surface area contributed by atoms with E-state index in [0.717, 1.165) is 0 Å². The van der Waals surface area contributed by atoms with E-state index < -0.39 is 45.3 Å². The Labute approximate surface area is 184 Å². The van der Waals surface area contributed by atoms with Gasteiger partial charge in [0.05, 0.1) is 30.6 Å². The van der Waals surface area contributed by atoms with Gasteiger partial charge in [0.2, 0.25) is 0 Å². The second-order valence-corrected chi connectivity index (χ2v) is 11.0. The molecule has 0 aliphatic rings. The molecule has 1 aromatic carbocycles. The Balaban J connectivity index is 2.94. The fraction of sp³-hybridized carbons (Fsp3) is 0.636. The largest absolute Gasteiger partial charge is 0.481 e. The summed E-state index contributed by atoms with van der Waals surface area (Å²) in [5, 5.41) is 18.8. The molecule has 176 valence electrons. The van der Waals surface area contributed by atoms with Crippen molar-refractivity contribution in [2.45, 2.75) is 58.5 Å². The third-order valence-corrected chi connectivity index (χ3v) is 7.36. The van der Waals surface area contributed by atoms with Gasteiger partial charge in [0.15, 0.2) is 15.9 Å². The standard InChI is InChI=1S/C22H34O8S/c1-16(19(24)29-5)30-18-9-6-8-17(14-18)22(4,20(25)26)11-7-10-21(2,3)15-31(27,28)13-12-23/h6,8-9,14,16,23H,7,10-13,15H2,1-5H3,(H,25,26). The van der Waals surface area contributed by atoms with Crippen LogP contribution in [0.5, 0.6) is 5.75 Å². The molecule has 9 heteroatoms. The van der Waals surface area contributed by atoms with Gasteiger partial charge in [-0.1, -0.05) is 32.4 Å². The van der Waals surface area contributed by atoms with Gasteiger partial charge in [-0.3, -0.25) is 4.79 Å². The van der Waals surface area contributed by atoms with Crippen LogP contribution in [0, 0.1) is 5.41 Å². The van der Waals surface area contributed by atoms with E-state index in [0.29, 0.717) is 30.6 Å². The van der Waals surface area contributed by atoms with Crippen LogP contribution in [0.2, 0.25) is 0 Å². The van der Waals surface area contributed by atoms with E-state index in [4.69, 9.17) is 9.84 Å². The molecule has 2 N–H and O–H groups in total. The smallest absolute Gasteiger partial charge is 0.346 e. The zero-order chi connectivity index (χ0) is 23.9. The number of benzene rings is 1. The highest BCUT2D eigenvalue weighted by Crippen LogP contribution is 2.35. The molecular weight excluding hydrogens is 424 g/mol. The quantitative estimate of drug-likeness (QED) is 0.432. The van der Waals surface area contributed by atoms with E-state index in [-0.39, 0.29) is 11.5 Å². The van der Waals surface area contributed by atoms with Crippen molar-refractivity contribution in [3.8, 4) is 5.75 Å². The van der Waals surface area contributed by atoms with Crippen molar-refractivity contribution >= 4 is 21.8 Å². The first-order valence-electron chi connectivity index (χ1n) is 10.2. The minimum Gasteiger partial charge on any atom is -0.481 e. The predicted molar refractivity (Wildman–Crippen MR) is 117 cm³/mol. The molecule has 0 bridgehead atoms. The highest BCUT2D eigenvalue weighted by atomic mass is 32.2. The van der Waals surface area contributed by atoms with E-state index in [1.54, 1.807) is 38.1 Å². The van der Waals surface area contributed by atoms with E-state index in [1.165, 1.54) is 7.11 Å². The summed E-state index contributed by atoms with van der Waals surface area (Å²) in [6, 6.07) is 6.60. The number of aliphatic hydroxyl groups is 1. The third-order valence-electron chi connectivity index (χ3n) is 5.33. The Hall–Kier alpha value is -2.13. The monoisotopic (exact) mass is 458 g/mol. The maximum Gasteiger partial charge on any atom is 0.346 e. The summed E-state index contributed by atoms with van der Waals surface area (Å²) in [6.07, 6.45) is 0.462. The number of hydrogen-bond acceptors (Lipinski definition) is 7. The molecule has 8 nitrogen and oxygen atoms in total. The SMILES string of the molecule is COC(=O)C(C)Oc1cccc(C(C)(CCCC(C)(C)CS(=O)(=O)CCO)C(=O)O)c1. The molecule has 0 aliphatic heterocycles. The highest BCUT2D eigenvalue weighted by molar-refractivity contribution is 7.91. The number of carbonyl (C=O) groups excluding carboxylic acids is 1. The van der Waals surface area contributed by atoms with E-state index in [2.05, 4.69) is 4.74 Å². The van der Waals surface area contributed by atoms with Crippen molar-refractivity contribution in [3.63, 3.8) is 0 Å². The Kier molecular flexibility index (Phi) is 9.50. The molecule has 2 unspecified atom stereocenters. The first kappa shape index (κ1) is 26.9. The highest BCUT2D eigenvalue weighted by Gasteiger charge is 2.36. The molecule has 0 saturated carbocycles. The summed E-state index contributed by atoms with van der Waals surface area (Å²) in [6.45, 7) is 6.39. The number of esters is 1. The van der Waals surface area contributed by atoms with Crippen LogP contribution in [0.1, 0.15) is 52.5 Å². The summed E-state index contributed by atoms with van der Waals surface area (Å²) in [5.41, 5.74) is -1.23. The zero-order valence-electron chi connectivity index (χ0n) is 18.9. The number of methoxy groups -OCH3 is 1. The Bertz CT molecular complexity index is 862. The molecule has 0 radical (unpaired) electrons. The Morgan fingerprint density at radius 2 is 1.81 bits per heavy atom. The zero-order valence-corrected chi connectivity index (χ0v) is 19.7. The van der Waals surface area contributed by atoms with E-state index >= 15 is 0 Å². The van der Waals surface area contributed by atoms with Gasteiger partial charge in [-0.05, 0) is 49.8 Å². The lowest BCUT2D eigenvalue weighted by molar-refractivity contribution is -0.148. The molecule has 31 heavy (non-hydrogen) atoms. The second kappa shape index (κ2) is 10.9. The van der Waals surface area contributed by atoms with Crippen LogP contribution < -0.4 is 4.74 Å². The molecule has 0 amide bonds. The topological polar surface area (TPSA) is 127 Å². The number of aliphatic carboxylic acids is 1. The van der Waals surface area contributed by atoms with Crippen molar-refractivity contribution < 1.29 is 37.7 Å². The average molecular weight is 459 g/mol. The van der Waals surface area contributed by atoms with Crippen LogP contribution in [0.25, 0.3) is 0 Å². The van der Waals surface area contributed by atoms with Crippen molar-refractivity contribution in [1.82, 2.24) is 0 Å². The summed E-state index contributed by atoms with van der Waals surface area (Å²) in [5.74, 6) is -1.53. The number of carboxylic acids is 1. The maximum atomic E-state index is 12.1. The Morgan fingerprint density at radius 3 is 2.35 bits per heavy atom. The van der Waals surface area contributed by atoms with E-state index in [9.17, 15) is 23.1 Å². The van der Waals surface area contributed by atoms with Crippen LogP contribution in [-0.4, -0.2) is 61.9 Å². The van der Waals surface area contributed by atoms with Gasteiger partial charge in [0.25, 0.3) is 0 Å². The number of sulfone groups is 1. The molecule has 0 aliphatic carbocycles. The van der Waals surface area contributed by atoms with Gasteiger partial charge in [-0.15, -0.1) is 0 Å². The van der Waals surface area contributed by atoms with Gasteiger partial charge in [-0.25, -0.2) is 13.2 Å². The molecule has 0 aromatic heterocycles. The van der Waals surface area contributed by atoms with Gasteiger partial charge in [0.1, 0.15) is 5.75 Å². The van der Waals surface area contributed by atoms with Gasteiger partial charge in [0, 0.05) is 0 Å². The number of hydrogen-bond donors (Lipinski definition) is 2. The van der Waals surface area contributed by atoms with Crippen molar-refractivity contribution in [3.05, 3.63) is 29.8 Å². The third kappa shape index (κ3) is 8.14. The van der Waals surface area contributed by atoms with Crippen molar-refractivity contribution in [2.75, 3.05) is 25.2 Å². The van der Waals surface area contributed by atoms with Crippen molar-refractivity contribution in [1.29, 1.82) is 0 Å². The maximum absolute atomic E-state index is 12.1. The normalized spacial score (nSPS) is 15.0. The van der Waals surface area contributed by atoms with Crippen LogP contribution >= 0.6 is 0 Å².